The number of aromatic nitrogens is 1. The van der Waals surface area contributed by atoms with Gasteiger partial charge in [-0.3, -0.25) is 0 Å². The molecular formula is C20H16N6S. The van der Waals surface area contributed by atoms with E-state index in [0.29, 0.717) is 5.13 Å². The molecule has 2 N–H and O–H groups in total. The van der Waals surface area contributed by atoms with Gasteiger partial charge in [-0.1, -0.05) is 24.3 Å². The molecule has 0 aliphatic heterocycles. The second-order valence-electron chi connectivity index (χ2n) is 5.90. The third-order valence-corrected chi connectivity index (χ3v) is 4.71. The van der Waals surface area contributed by atoms with Gasteiger partial charge in [0.05, 0.1) is 17.1 Å². The summed E-state index contributed by atoms with van der Waals surface area (Å²) in [5.74, 6) is 0. The largest absolute Gasteiger partial charge is 0.398 e. The Morgan fingerprint density at radius 1 is 0.852 bits per heavy atom. The van der Waals surface area contributed by atoms with E-state index in [9.17, 15) is 0 Å². The van der Waals surface area contributed by atoms with E-state index in [1.54, 1.807) is 6.20 Å². The van der Waals surface area contributed by atoms with Crippen molar-refractivity contribution in [3.8, 4) is 0 Å². The van der Waals surface area contributed by atoms with Gasteiger partial charge in [0.15, 0.2) is 0 Å². The monoisotopic (exact) mass is 372 g/mol. The molecule has 1 aromatic heterocycles. The predicted octanol–water partition coefficient (Wildman–Crippen LogP) is 7.02. The minimum Gasteiger partial charge on any atom is -0.398 e. The molecule has 4 aromatic rings. The summed E-state index contributed by atoms with van der Waals surface area (Å²) in [6, 6.07) is 17.3. The average Bonchev–Trinajstić information content (AvgIpc) is 3.21. The van der Waals surface area contributed by atoms with Crippen molar-refractivity contribution >= 4 is 50.0 Å². The number of benzene rings is 3. The first-order valence-corrected chi connectivity index (χ1v) is 9.19. The van der Waals surface area contributed by atoms with Crippen molar-refractivity contribution in [1.82, 2.24) is 4.98 Å². The molecule has 0 bridgehead atoms. The molecule has 27 heavy (non-hydrogen) atoms. The van der Waals surface area contributed by atoms with Gasteiger partial charge in [0, 0.05) is 28.0 Å². The maximum Gasteiger partial charge on any atom is 0.229 e. The summed E-state index contributed by atoms with van der Waals surface area (Å²) < 4.78 is 0. The molecule has 0 aliphatic carbocycles. The molecule has 0 spiro atoms. The first-order chi connectivity index (χ1) is 13.2. The van der Waals surface area contributed by atoms with Gasteiger partial charge in [-0.2, -0.15) is 5.11 Å². The topological polar surface area (TPSA) is 88.3 Å². The summed E-state index contributed by atoms with van der Waals surface area (Å²) in [5, 5.41) is 21.6. The van der Waals surface area contributed by atoms with E-state index in [2.05, 4.69) is 25.4 Å². The zero-order valence-corrected chi connectivity index (χ0v) is 15.4. The molecule has 0 unspecified atom stereocenters. The van der Waals surface area contributed by atoms with E-state index in [1.807, 2.05) is 66.9 Å². The first kappa shape index (κ1) is 17.0. The number of nitrogen functional groups attached to an aromatic ring is 1. The molecule has 4 rings (SSSR count). The lowest BCUT2D eigenvalue weighted by molar-refractivity contribution is 1.17. The molecular weight excluding hydrogens is 356 g/mol. The molecule has 0 saturated heterocycles. The Morgan fingerprint density at radius 2 is 1.63 bits per heavy atom. The fraction of sp³-hybridized carbons (Fsp3) is 0.0500. The van der Waals surface area contributed by atoms with Crippen molar-refractivity contribution in [2.75, 3.05) is 5.73 Å². The summed E-state index contributed by atoms with van der Waals surface area (Å²) in [6.45, 7) is 1.97. The molecule has 0 aliphatic rings. The molecule has 1 heterocycles. The van der Waals surface area contributed by atoms with Crippen LogP contribution in [-0.4, -0.2) is 4.98 Å². The lowest BCUT2D eigenvalue weighted by atomic mass is 10.1. The summed E-state index contributed by atoms with van der Waals surface area (Å²) in [7, 11) is 0. The van der Waals surface area contributed by atoms with Gasteiger partial charge in [0.25, 0.3) is 0 Å². The highest BCUT2D eigenvalue weighted by Gasteiger charge is 2.04. The van der Waals surface area contributed by atoms with E-state index in [4.69, 9.17) is 5.73 Å². The van der Waals surface area contributed by atoms with Crippen LogP contribution < -0.4 is 5.73 Å². The number of fused-ring (bicyclic) bond motifs is 1. The van der Waals surface area contributed by atoms with Gasteiger partial charge in [-0.25, -0.2) is 4.98 Å². The normalized spacial score (nSPS) is 11.7. The van der Waals surface area contributed by atoms with Crippen molar-refractivity contribution in [2.45, 2.75) is 6.92 Å². The van der Waals surface area contributed by atoms with E-state index in [-0.39, 0.29) is 0 Å². The van der Waals surface area contributed by atoms with Crippen LogP contribution in [0.2, 0.25) is 0 Å². The molecule has 0 saturated carbocycles. The number of aryl methyl sites for hydroxylation is 1. The highest BCUT2D eigenvalue weighted by atomic mass is 32.1. The average molecular weight is 372 g/mol. The molecule has 0 fully saturated rings. The zero-order chi connectivity index (χ0) is 18.6. The van der Waals surface area contributed by atoms with Crippen LogP contribution in [0.15, 0.2) is 86.6 Å². The Hall–Kier alpha value is -3.45. The van der Waals surface area contributed by atoms with Crippen molar-refractivity contribution in [3.05, 3.63) is 71.7 Å². The van der Waals surface area contributed by atoms with Crippen LogP contribution in [0.5, 0.6) is 0 Å². The van der Waals surface area contributed by atoms with Gasteiger partial charge >= 0.3 is 0 Å². The first-order valence-electron chi connectivity index (χ1n) is 8.31. The van der Waals surface area contributed by atoms with E-state index in [0.717, 1.165) is 39.1 Å². The van der Waals surface area contributed by atoms with E-state index in [1.165, 1.54) is 11.3 Å². The third kappa shape index (κ3) is 3.73. The Morgan fingerprint density at radius 3 is 2.41 bits per heavy atom. The molecule has 0 radical (unpaired) electrons. The van der Waals surface area contributed by atoms with Crippen molar-refractivity contribution < 1.29 is 0 Å². The third-order valence-electron chi connectivity index (χ3n) is 4.05. The van der Waals surface area contributed by atoms with E-state index < -0.39 is 0 Å². The predicted molar refractivity (Wildman–Crippen MR) is 110 cm³/mol. The number of anilines is 1. The highest BCUT2D eigenvalue weighted by Crippen LogP contribution is 2.32. The standard InChI is InChI=1S/C20H16N6S/c1-13-12-14(6-8-18(13)24-26-20-22-10-11-27-20)23-25-19-9-7-17(21)15-4-2-3-5-16(15)19/h2-12H,21H2,1H3. The number of hydrogen-bond acceptors (Lipinski definition) is 7. The van der Waals surface area contributed by atoms with Crippen LogP contribution >= 0.6 is 11.3 Å². The fourth-order valence-corrected chi connectivity index (χ4v) is 3.13. The number of rotatable bonds is 4. The molecule has 0 amide bonds. The van der Waals surface area contributed by atoms with E-state index >= 15 is 0 Å². The fourth-order valence-electron chi connectivity index (χ4n) is 2.68. The summed E-state index contributed by atoms with van der Waals surface area (Å²) in [4.78, 5) is 4.09. The highest BCUT2D eigenvalue weighted by molar-refractivity contribution is 7.13. The summed E-state index contributed by atoms with van der Waals surface area (Å²) in [5.41, 5.74) is 10.0. The van der Waals surface area contributed by atoms with Crippen LogP contribution in [0.4, 0.5) is 27.9 Å². The van der Waals surface area contributed by atoms with Crippen molar-refractivity contribution in [1.29, 1.82) is 0 Å². The SMILES string of the molecule is Cc1cc(N=Nc2ccc(N)c3ccccc23)ccc1N=Nc1nccs1. The van der Waals surface area contributed by atoms with Crippen LogP contribution in [0.25, 0.3) is 10.8 Å². The number of nitrogens with two attached hydrogens (primary N) is 1. The van der Waals surface area contributed by atoms with Gasteiger partial charge in [0.1, 0.15) is 0 Å². The quantitative estimate of drug-likeness (QED) is 0.308. The maximum absolute atomic E-state index is 6.04. The van der Waals surface area contributed by atoms with Gasteiger partial charge < -0.3 is 5.73 Å². The molecule has 132 valence electrons. The molecule has 7 heteroatoms. The molecule has 3 aromatic carbocycles. The minimum atomic E-state index is 0.633. The van der Waals surface area contributed by atoms with Crippen LogP contribution in [0, 0.1) is 6.92 Å². The summed E-state index contributed by atoms with van der Waals surface area (Å²) >= 11 is 1.44. The zero-order valence-electron chi connectivity index (χ0n) is 14.6. The Balaban J connectivity index is 1.60. The lowest BCUT2D eigenvalue weighted by Crippen LogP contribution is -1.86. The minimum absolute atomic E-state index is 0.633. The molecule has 0 atom stereocenters. The van der Waals surface area contributed by atoms with Crippen LogP contribution in [0.1, 0.15) is 5.56 Å². The summed E-state index contributed by atoms with van der Waals surface area (Å²) in [6.07, 6.45) is 1.70. The smallest absolute Gasteiger partial charge is 0.229 e. The van der Waals surface area contributed by atoms with Gasteiger partial charge in [-0.05, 0) is 42.8 Å². The number of azo groups is 2. The lowest BCUT2D eigenvalue weighted by Gasteiger charge is -2.04. The van der Waals surface area contributed by atoms with Crippen LogP contribution in [-0.2, 0) is 0 Å². The Kier molecular flexibility index (Phi) is 4.67. The second-order valence-corrected chi connectivity index (χ2v) is 6.78. The van der Waals surface area contributed by atoms with Crippen molar-refractivity contribution in [3.63, 3.8) is 0 Å². The number of nitrogens with zero attached hydrogens (tertiary/aromatic N) is 5. The van der Waals surface area contributed by atoms with Gasteiger partial charge in [0.2, 0.25) is 5.13 Å². The second kappa shape index (κ2) is 7.43. The van der Waals surface area contributed by atoms with Gasteiger partial charge in [-0.15, -0.1) is 26.7 Å². The Bertz CT molecular complexity index is 1150. The Labute approximate surface area is 160 Å². The van der Waals surface area contributed by atoms with Crippen LogP contribution in [0.3, 0.4) is 0 Å². The number of thiazole rings is 1. The molecule has 6 nitrogen and oxygen atoms in total. The van der Waals surface area contributed by atoms with Crippen molar-refractivity contribution in [2.24, 2.45) is 20.5 Å². The maximum atomic E-state index is 6.04. The number of hydrogen-bond donors (Lipinski definition) is 1.